The summed E-state index contributed by atoms with van der Waals surface area (Å²) in [6.07, 6.45) is 4.44. The molecule has 1 aliphatic carbocycles. The highest BCUT2D eigenvalue weighted by atomic mass is 35.5. The van der Waals surface area contributed by atoms with E-state index in [0.717, 1.165) is 29.5 Å². The van der Waals surface area contributed by atoms with Crippen molar-refractivity contribution in [2.45, 2.75) is 57.8 Å². The van der Waals surface area contributed by atoms with E-state index in [2.05, 4.69) is 68.5 Å². The van der Waals surface area contributed by atoms with Crippen molar-refractivity contribution in [1.29, 1.82) is 0 Å². The first kappa shape index (κ1) is 22.1. The van der Waals surface area contributed by atoms with E-state index in [1.807, 2.05) is 0 Å². The number of nitrogens with zero attached hydrogens (tertiary/aromatic N) is 1. The quantitative estimate of drug-likeness (QED) is 0.424. The van der Waals surface area contributed by atoms with Crippen LogP contribution in [0.1, 0.15) is 67.6 Å². The number of carbonyl (C=O) groups is 1. The van der Waals surface area contributed by atoms with E-state index in [1.165, 1.54) is 11.1 Å². The van der Waals surface area contributed by atoms with Gasteiger partial charge in [-0.05, 0) is 65.1 Å². The van der Waals surface area contributed by atoms with Crippen molar-refractivity contribution < 1.29 is 14.2 Å². The molecule has 0 saturated heterocycles. The van der Waals surface area contributed by atoms with Crippen molar-refractivity contribution >= 4 is 30.2 Å². The molecule has 0 aromatic heterocycles. The minimum absolute atomic E-state index is 0.0334. The zero-order valence-corrected chi connectivity index (χ0v) is 18.8. The zero-order valence-electron chi connectivity index (χ0n) is 18.0. The van der Waals surface area contributed by atoms with Crippen molar-refractivity contribution in [2.24, 2.45) is 4.99 Å². The first-order valence-electron chi connectivity index (χ1n) is 10.0. The lowest BCUT2D eigenvalue weighted by molar-refractivity contribution is 0.0748. The van der Waals surface area contributed by atoms with E-state index < -0.39 is 5.97 Å². The molecule has 2 aromatic rings. The molecule has 0 unspecified atom stereocenters. The van der Waals surface area contributed by atoms with Gasteiger partial charge in [0, 0.05) is 5.56 Å². The van der Waals surface area contributed by atoms with E-state index in [-0.39, 0.29) is 27.8 Å². The average molecular weight is 426 g/mol. The van der Waals surface area contributed by atoms with E-state index in [0.29, 0.717) is 6.42 Å². The number of allylic oxidation sites excluding steroid dienone is 1. The fourth-order valence-electron chi connectivity index (χ4n) is 4.45. The summed E-state index contributed by atoms with van der Waals surface area (Å²) in [4.78, 5) is 16.1. The van der Waals surface area contributed by atoms with Crippen LogP contribution in [0, 0.1) is 0 Å². The molecule has 158 valence electrons. The van der Waals surface area contributed by atoms with Gasteiger partial charge in [0.25, 0.3) is 0 Å². The van der Waals surface area contributed by atoms with Gasteiger partial charge >= 0.3 is 5.97 Å². The fourth-order valence-corrected chi connectivity index (χ4v) is 4.53. The third kappa shape index (κ3) is 3.65. The number of hydrogen-bond acceptors (Lipinski definition) is 4. The van der Waals surface area contributed by atoms with Crippen LogP contribution < -0.4 is 0 Å². The van der Waals surface area contributed by atoms with Gasteiger partial charge in [-0.3, -0.25) is 4.99 Å². The van der Waals surface area contributed by atoms with Gasteiger partial charge in [0.2, 0.25) is 0 Å². The predicted octanol–water partition coefficient (Wildman–Crippen LogP) is 6.78. The Morgan fingerprint density at radius 1 is 1.20 bits per heavy atom. The van der Waals surface area contributed by atoms with E-state index in [1.54, 1.807) is 12.1 Å². The molecule has 0 spiro atoms. The van der Waals surface area contributed by atoms with Crippen LogP contribution in [0.3, 0.4) is 0 Å². The Bertz CT molecular complexity index is 1040. The zero-order chi connectivity index (χ0) is 22.3. The first-order chi connectivity index (χ1) is 14.1. The summed E-state index contributed by atoms with van der Waals surface area (Å²) in [5.41, 5.74) is 5.39. The van der Waals surface area contributed by atoms with Crippen LogP contribution in [-0.2, 0) is 21.5 Å². The summed E-state index contributed by atoms with van der Waals surface area (Å²) in [5.74, 6) is -1.14. The van der Waals surface area contributed by atoms with E-state index in [9.17, 15) is 9.90 Å². The van der Waals surface area contributed by atoms with Crippen LogP contribution in [0.4, 0.5) is 5.69 Å². The topological polar surface area (TPSA) is 58.9 Å². The summed E-state index contributed by atoms with van der Waals surface area (Å²) < 4.78 is 4.31. The maximum atomic E-state index is 12.1. The highest BCUT2D eigenvalue weighted by molar-refractivity contribution is 6.16. The minimum Gasteiger partial charge on any atom is -0.505 e. The summed E-state index contributed by atoms with van der Waals surface area (Å²) in [6.45, 7) is 16.5. The summed E-state index contributed by atoms with van der Waals surface area (Å²) in [5, 5.41) is 10.7. The second-order valence-electron chi connectivity index (χ2n) is 9.20. The molecule has 0 atom stereocenters. The molecule has 4 nitrogen and oxygen atoms in total. The molecule has 1 N–H and O–H groups in total. The maximum Gasteiger partial charge on any atom is 0.360 e. The fraction of sp³-hybridized carbons (Fsp3) is 0.360. The van der Waals surface area contributed by atoms with Crippen molar-refractivity contribution in [3.05, 3.63) is 59.2 Å². The largest absolute Gasteiger partial charge is 0.505 e. The molecule has 0 bridgehead atoms. The van der Waals surface area contributed by atoms with E-state index >= 15 is 0 Å². The van der Waals surface area contributed by atoms with Crippen molar-refractivity contribution in [2.75, 3.05) is 0 Å². The Balaban J connectivity index is 2.33. The molecule has 0 radical (unpaired) electrons. The molecule has 0 aliphatic heterocycles. The Labute approximate surface area is 183 Å². The number of aliphatic imine (C=N–C) groups is 1. The van der Waals surface area contributed by atoms with Crippen molar-refractivity contribution in [1.82, 2.24) is 0 Å². The molecule has 5 heteroatoms. The Hall–Kier alpha value is -2.59. The van der Waals surface area contributed by atoms with Gasteiger partial charge in [-0.25, -0.2) is 4.79 Å². The molecular weight excluding hydrogens is 398 g/mol. The number of aromatic hydroxyl groups is 1. The lowest BCUT2D eigenvalue weighted by Gasteiger charge is -2.42. The van der Waals surface area contributed by atoms with Crippen LogP contribution in [0.25, 0.3) is 11.1 Å². The van der Waals surface area contributed by atoms with Crippen LogP contribution in [-0.4, -0.2) is 17.8 Å². The Kier molecular flexibility index (Phi) is 5.83. The lowest BCUT2D eigenvalue weighted by atomic mass is 9.63. The highest BCUT2D eigenvalue weighted by Crippen LogP contribution is 2.49. The predicted molar refractivity (Wildman–Crippen MR) is 123 cm³/mol. The average Bonchev–Trinajstić information content (AvgIpc) is 2.71. The molecule has 30 heavy (non-hydrogen) atoms. The van der Waals surface area contributed by atoms with E-state index in [4.69, 9.17) is 11.9 Å². The molecular formula is C25H28ClNO3. The standard InChI is InChI=1S/C25H28ClNO3/c1-7-8-15-13-17(23(29)30-26)22(28)21(27-6)20(15)16-9-10-18-19(14-16)25(4,5)12-11-24(18,2)3/h7,9-10,13-14,28H,1,6,8,11-12H2,2-5H3. The van der Waals surface area contributed by atoms with Gasteiger partial charge in [0.15, 0.2) is 5.75 Å². The third-order valence-corrected chi connectivity index (χ3v) is 6.45. The van der Waals surface area contributed by atoms with Crippen LogP contribution in [0.15, 0.2) is 41.9 Å². The number of phenols is 1. The molecule has 1 aliphatic rings. The Morgan fingerprint density at radius 3 is 2.40 bits per heavy atom. The molecule has 0 heterocycles. The number of phenolic OH excluding ortho intramolecular Hbond substituents is 1. The summed E-state index contributed by atoms with van der Waals surface area (Å²) >= 11 is 5.25. The summed E-state index contributed by atoms with van der Waals surface area (Å²) in [6, 6.07) is 8.00. The number of benzene rings is 2. The number of halogens is 1. The van der Waals surface area contributed by atoms with Gasteiger partial charge in [-0.1, -0.05) is 52.0 Å². The number of fused-ring (bicyclic) bond motifs is 1. The SMILES string of the molecule is C=CCc1cc(C(=O)OCl)c(O)c(N=C)c1-c1ccc2c(c1)C(C)(C)CCC2(C)C. The van der Waals surface area contributed by atoms with Crippen LogP contribution in [0.5, 0.6) is 5.75 Å². The Morgan fingerprint density at radius 2 is 1.83 bits per heavy atom. The van der Waals surface area contributed by atoms with Gasteiger partial charge in [-0.15, -0.1) is 6.58 Å². The molecule has 0 amide bonds. The first-order valence-corrected chi connectivity index (χ1v) is 10.3. The van der Waals surface area contributed by atoms with Crippen LogP contribution in [0.2, 0.25) is 0 Å². The number of carbonyl (C=O) groups excluding carboxylic acids is 1. The van der Waals surface area contributed by atoms with Gasteiger partial charge < -0.3 is 9.40 Å². The normalized spacial score (nSPS) is 16.4. The maximum absolute atomic E-state index is 12.1. The molecule has 0 saturated carbocycles. The second-order valence-corrected chi connectivity index (χ2v) is 9.35. The van der Waals surface area contributed by atoms with Gasteiger partial charge in [0.1, 0.15) is 23.1 Å². The molecule has 0 fully saturated rings. The minimum atomic E-state index is -0.843. The van der Waals surface area contributed by atoms with Gasteiger partial charge in [-0.2, -0.15) is 0 Å². The van der Waals surface area contributed by atoms with Gasteiger partial charge in [0.05, 0.1) is 0 Å². The summed E-state index contributed by atoms with van der Waals surface area (Å²) in [7, 11) is 0. The molecule has 2 aromatic carbocycles. The van der Waals surface area contributed by atoms with Crippen molar-refractivity contribution in [3.63, 3.8) is 0 Å². The highest BCUT2D eigenvalue weighted by Gasteiger charge is 2.37. The third-order valence-electron chi connectivity index (χ3n) is 6.31. The lowest BCUT2D eigenvalue weighted by Crippen LogP contribution is -2.33. The second kappa shape index (κ2) is 7.92. The van der Waals surface area contributed by atoms with Crippen LogP contribution >= 0.6 is 11.9 Å². The molecule has 3 rings (SSSR count). The number of rotatable bonds is 5. The smallest absolute Gasteiger partial charge is 0.360 e. The number of hydrogen-bond donors (Lipinski definition) is 1. The monoisotopic (exact) mass is 425 g/mol. The van der Waals surface area contributed by atoms with Crippen molar-refractivity contribution in [3.8, 4) is 16.9 Å².